The Morgan fingerprint density at radius 2 is 0.897 bits per heavy atom. The van der Waals surface area contributed by atoms with Crippen molar-refractivity contribution in [3.8, 4) is 27.9 Å². The zero-order chi connectivity index (χ0) is 26.2. The van der Waals surface area contributed by atoms with Crippen LogP contribution < -0.4 is 4.90 Å². The number of hydrogen-bond donors (Lipinski definition) is 0. The molecule has 0 saturated heterocycles. The lowest BCUT2D eigenvalue weighted by molar-refractivity contribution is 1.18. The van der Waals surface area contributed by atoms with E-state index < -0.39 is 0 Å². The summed E-state index contributed by atoms with van der Waals surface area (Å²) in [4.78, 5) is 2.21. The molecule has 0 fully saturated rings. The summed E-state index contributed by atoms with van der Waals surface area (Å²) in [5.74, 6) is 0. The molecule has 0 N–H and O–H groups in total. The predicted molar refractivity (Wildman–Crippen MR) is 166 cm³/mol. The molecule has 0 aliphatic rings. The summed E-state index contributed by atoms with van der Waals surface area (Å²) in [6.45, 7) is 0. The van der Waals surface area contributed by atoms with E-state index in [2.05, 4.69) is 162 Å². The van der Waals surface area contributed by atoms with E-state index in [-0.39, 0.29) is 0 Å². The Hall–Kier alpha value is -5.08. The van der Waals surface area contributed by atoms with Crippen molar-refractivity contribution in [1.29, 1.82) is 0 Å². The van der Waals surface area contributed by atoms with Crippen molar-refractivity contribution in [2.75, 3.05) is 11.9 Å². The van der Waals surface area contributed by atoms with Gasteiger partial charge in [0, 0.05) is 34.9 Å². The van der Waals surface area contributed by atoms with Crippen molar-refractivity contribution in [3.05, 3.63) is 152 Å². The monoisotopic (exact) mass is 500 g/mol. The lowest BCUT2D eigenvalue weighted by Gasteiger charge is -2.19. The molecule has 1 heterocycles. The first-order chi connectivity index (χ1) is 19.3. The molecular weight excluding hydrogens is 472 g/mol. The normalized spacial score (nSPS) is 11.2. The maximum absolute atomic E-state index is 2.37. The highest BCUT2D eigenvalue weighted by molar-refractivity contribution is 6.10. The van der Waals surface area contributed by atoms with Crippen LogP contribution in [0.4, 0.5) is 11.4 Å². The minimum absolute atomic E-state index is 1.17. The highest BCUT2D eigenvalue weighted by atomic mass is 15.1. The Balaban J connectivity index is 1.22. The number of nitrogens with zero attached hydrogens (tertiary/aromatic N) is 2. The Bertz CT molecular complexity index is 1880. The quantitative estimate of drug-likeness (QED) is 0.228. The van der Waals surface area contributed by atoms with Crippen molar-refractivity contribution >= 4 is 33.2 Å². The molecule has 0 spiro atoms. The molecule has 7 aromatic rings. The van der Waals surface area contributed by atoms with Crippen LogP contribution in [0.1, 0.15) is 0 Å². The summed E-state index contributed by atoms with van der Waals surface area (Å²) in [6, 6.07) is 54.3. The lowest BCUT2D eigenvalue weighted by Crippen LogP contribution is -2.08. The lowest BCUT2D eigenvalue weighted by atomic mass is 9.99. The molecule has 0 bridgehead atoms. The number of aromatic nitrogens is 1. The molecule has 6 aromatic carbocycles. The summed E-state index contributed by atoms with van der Waals surface area (Å²) in [5, 5.41) is 2.55. The van der Waals surface area contributed by atoms with E-state index in [0.717, 1.165) is 0 Å². The average Bonchev–Trinajstić information content (AvgIpc) is 3.35. The third kappa shape index (κ3) is 4.17. The molecule has 1 aromatic heterocycles. The molecule has 7 rings (SSSR count). The van der Waals surface area contributed by atoms with Gasteiger partial charge in [-0.05, 0) is 70.8 Å². The highest BCUT2D eigenvalue weighted by Crippen LogP contribution is 2.35. The van der Waals surface area contributed by atoms with Crippen LogP contribution in [0.5, 0.6) is 0 Å². The SMILES string of the molecule is CN(c1ccccc1)c1ccc(-c2ccc(-c3ccc4c5ccccc5n(-c5ccccc5)c4c3)cc2)cc1. The number of hydrogen-bond acceptors (Lipinski definition) is 1. The Kier molecular flexibility index (Phi) is 5.71. The van der Waals surface area contributed by atoms with Crippen LogP contribution in [0.15, 0.2) is 152 Å². The molecule has 0 atom stereocenters. The minimum Gasteiger partial charge on any atom is -0.345 e. The third-order valence-corrected chi connectivity index (χ3v) is 7.64. The van der Waals surface area contributed by atoms with Gasteiger partial charge in [0.2, 0.25) is 0 Å². The van der Waals surface area contributed by atoms with E-state index in [0.29, 0.717) is 0 Å². The average molecular weight is 501 g/mol. The second kappa shape index (κ2) is 9.66. The van der Waals surface area contributed by atoms with Crippen LogP contribution in [-0.4, -0.2) is 11.6 Å². The van der Waals surface area contributed by atoms with Crippen molar-refractivity contribution in [3.63, 3.8) is 0 Å². The summed E-state index contributed by atoms with van der Waals surface area (Å²) >= 11 is 0. The van der Waals surface area contributed by atoms with Gasteiger partial charge < -0.3 is 9.47 Å². The molecule has 0 amide bonds. The van der Waals surface area contributed by atoms with Crippen LogP contribution in [0.2, 0.25) is 0 Å². The molecule has 39 heavy (non-hydrogen) atoms. The van der Waals surface area contributed by atoms with Gasteiger partial charge in [0.15, 0.2) is 0 Å². The number of fused-ring (bicyclic) bond motifs is 3. The molecule has 0 aliphatic carbocycles. The number of benzene rings is 6. The largest absolute Gasteiger partial charge is 0.345 e. The van der Waals surface area contributed by atoms with Gasteiger partial charge in [0.25, 0.3) is 0 Å². The zero-order valence-corrected chi connectivity index (χ0v) is 21.8. The van der Waals surface area contributed by atoms with Crippen molar-refractivity contribution in [2.24, 2.45) is 0 Å². The van der Waals surface area contributed by atoms with E-state index in [4.69, 9.17) is 0 Å². The van der Waals surface area contributed by atoms with Crippen LogP contribution >= 0.6 is 0 Å². The van der Waals surface area contributed by atoms with Gasteiger partial charge in [0.1, 0.15) is 0 Å². The fourth-order valence-corrected chi connectivity index (χ4v) is 5.54. The van der Waals surface area contributed by atoms with Gasteiger partial charge in [-0.1, -0.05) is 103 Å². The first-order valence-corrected chi connectivity index (χ1v) is 13.3. The molecule has 2 nitrogen and oxygen atoms in total. The van der Waals surface area contributed by atoms with Gasteiger partial charge in [-0.15, -0.1) is 0 Å². The number of anilines is 2. The van der Waals surface area contributed by atoms with Crippen LogP contribution in [0.25, 0.3) is 49.7 Å². The maximum Gasteiger partial charge on any atom is 0.0547 e. The first-order valence-electron chi connectivity index (χ1n) is 13.3. The van der Waals surface area contributed by atoms with Crippen molar-refractivity contribution < 1.29 is 0 Å². The smallest absolute Gasteiger partial charge is 0.0547 e. The Morgan fingerprint density at radius 3 is 1.59 bits per heavy atom. The summed E-state index contributed by atoms with van der Waals surface area (Å²) in [5.41, 5.74) is 10.8. The van der Waals surface area contributed by atoms with E-state index >= 15 is 0 Å². The summed E-state index contributed by atoms with van der Waals surface area (Å²) in [6.07, 6.45) is 0. The Labute approximate surface area is 229 Å². The van der Waals surface area contributed by atoms with Gasteiger partial charge in [0.05, 0.1) is 11.0 Å². The van der Waals surface area contributed by atoms with Gasteiger partial charge in [-0.2, -0.15) is 0 Å². The molecule has 0 unspecified atom stereocenters. The number of rotatable bonds is 5. The fourth-order valence-electron chi connectivity index (χ4n) is 5.54. The van der Waals surface area contributed by atoms with Gasteiger partial charge in [-0.25, -0.2) is 0 Å². The van der Waals surface area contributed by atoms with Gasteiger partial charge in [-0.3, -0.25) is 0 Å². The van der Waals surface area contributed by atoms with Crippen molar-refractivity contribution in [2.45, 2.75) is 0 Å². The molecular formula is C37H28N2. The number of para-hydroxylation sites is 3. The second-order valence-electron chi connectivity index (χ2n) is 9.94. The molecule has 0 saturated carbocycles. The van der Waals surface area contributed by atoms with E-state index in [1.807, 2.05) is 6.07 Å². The minimum atomic E-state index is 1.17. The van der Waals surface area contributed by atoms with E-state index in [9.17, 15) is 0 Å². The van der Waals surface area contributed by atoms with Crippen LogP contribution in [0, 0.1) is 0 Å². The van der Waals surface area contributed by atoms with Crippen LogP contribution in [-0.2, 0) is 0 Å². The van der Waals surface area contributed by atoms with Gasteiger partial charge >= 0.3 is 0 Å². The predicted octanol–water partition coefficient (Wildman–Crippen LogP) is 9.89. The standard InChI is InChI=1S/C37H28N2/c1-38(31-10-4-2-5-11-31)32-23-20-28(21-24-32)27-16-18-29(19-17-27)30-22-25-35-34-14-8-9-15-36(34)39(37(35)26-30)33-12-6-3-7-13-33/h2-26H,1H3. The maximum atomic E-state index is 2.37. The highest BCUT2D eigenvalue weighted by Gasteiger charge is 2.13. The zero-order valence-electron chi connectivity index (χ0n) is 21.8. The van der Waals surface area contributed by atoms with E-state index in [1.165, 1.54) is 61.1 Å². The summed E-state index contributed by atoms with van der Waals surface area (Å²) < 4.78 is 2.37. The topological polar surface area (TPSA) is 8.17 Å². The van der Waals surface area contributed by atoms with Crippen LogP contribution in [0.3, 0.4) is 0 Å². The third-order valence-electron chi connectivity index (χ3n) is 7.64. The van der Waals surface area contributed by atoms with E-state index in [1.54, 1.807) is 0 Å². The molecule has 0 radical (unpaired) electrons. The van der Waals surface area contributed by atoms with Crippen molar-refractivity contribution in [1.82, 2.24) is 4.57 Å². The molecule has 186 valence electrons. The molecule has 0 aliphatic heterocycles. The second-order valence-corrected chi connectivity index (χ2v) is 9.94. The molecule has 2 heteroatoms. The summed E-state index contributed by atoms with van der Waals surface area (Å²) in [7, 11) is 2.10. The first kappa shape index (κ1) is 23.1. The Morgan fingerprint density at radius 1 is 0.410 bits per heavy atom. The fraction of sp³-hybridized carbons (Fsp3) is 0.0270.